The summed E-state index contributed by atoms with van der Waals surface area (Å²) in [6.07, 6.45) is 0.0628. The van der Waals surface area contributed by atoms with E-state index in [1.54, 1.807) is 18.7 Å². The predicted molar refractivity (Wildman–Crippen MR) is 75.4 cm³/mol. The first-order valence-electron chi connectivity index (χ1n) is 6.77. The first-order chi connectivity index (χ1) is 9.21. The predicted octanol–water partition coefficient (Wildman–Crippen LogP) is 0.797. The Bertz CT molecular complexity index is 352. The molecule has 0 aromatic rings. The Hall–Kier alpha value is -1.79. The minimum atomic E-state index is -0.980. The highest BCUT2D eigenvalue weighted by atomic mass is 16.4. The number of nitrogens with one attached hydrogen (secondary N) is 2. The Morgan fingerprint density at radius 1 is 1.15 bits per heavy atom. The number of nitrogens with zero attached hydrogens (tertiary/aromatic N) is 1. The molecule has 0 heterocycles. The third kappa shape index (κ3) is 7.60. The van der Waals surface area contributed by atoms with Gasteiger partial charge in [-0.25, -0.2) is 4.79 Å². The molecule has 0 aromatic carbocycles. The van der Waals surface area contributed by atoms with Crippen LogP contribution in [0.15, 0.2) is 0 Å². The highest BCUT2D eigenvalue weighted by Crippen LogP contribution is 2.07. The molecule has 116 valence electrons. The van der Waals surface area contributed by atoms with E-state index in [4.69, 9.17) is 5.11 Å². The first kappa shape index (κ1) is 18.2. The second kappa shape index (κ2) is 8.39. The van der Waals surface area contributed by atoms with E-state index < -0.39 is 17.5 Å². The van der Waals surface area contributed by atoms with Gasteiger partial charge in [-0.15, -0.1) is 0 Å². The summed E-state index contributed by atoms with van der Waals surface area (Å²) in [6, 6.07) is -0.469. The van der Waals surface area contributed by atoms with E-state index in [0.29, 0.717) is 13.1 Å². The van der Waals surface area contributed by atoms with Gasteiger partial charge in [0.1, 0.15) is 0 Å². The van der Waals surface area contributed by atoms with Crippen molar-refractivity contribution in [2.45, 2.75) is 46.1 Å². The van der Waals surface area contributed by atoms with Gasteiger partial charge in [-0.2, -0.15) is 0 Å². The summed E-state index contributed by atoms with van der Waals surface area (Å²) >= 11 is 0. The van der Waals surface area contributed by atoms with Gasteiger partial charge >= 0.3 is 12.0 Å². The van der Waals surface area contributed by atoms with Gasteiger partial charge in [-0.3, -0.25) is 9.59 Å². The van der Waals surface area contributed by atoms with Crippen LogP contribution in [-0.4, -0.2) is 53.1 Å². The Kier molecular flexibility index (Phi) is 7.64. The summed E-state index contributed by atoms with van der Waals surface area (Å²) in [5.41, 5.74) is -0.835. The summed E-state index contributed by atoms with van der Waals surface area (Å²) in [5.74, 6) is -0.993. The average Bonchev–Trinajstić information content (AvgIpc) is 2.27. The van der Waals surface area contributed by atoms with Crippen LogP contribution >= 0.6 is 0 Å². The van der Waals surface area contributed by atoms with Gasteiger partial charge in [0.05, 0.1) is 6.42 Å². The van der Waals surface area contributed by atoms with Crippen LogP contribution < -0.4 is 10.6 Å². The van der Waals surface area contributed by atoms with E-state index in [-0.39, 0.29) is 25.3 Å². The zero-order valence-electron chi connectivity index (χ0n) is 12.7. The van der Waals surface area contributed by atoms with E-state index in [0.717, 1.165) is 0 Å². The number of rotatable bonds is 8. The zero-order chi connectivity index (χ0) is 15.8. The lowest BCUT2D eigenvalue weighted by atomic mass is 10.0. The maximum absolute atomic E-state index is 11.7. The number of amides is 3. The van der Waals surface area contributed by atoms with Gasteiger partial charge in [0, 0.05) is 31.6 Å². The van der Waals surface area contributed by atoms with E-state index in [1.165, 1.54) is 0 Å². The minimum absolute atomic E-state index is 0.0138. The molecular formula is C13H25N3O4. The molecule has 0 atom stereocenters. The molecule has 0 aliphatic heterocycles. The lowest BCUT2D eigenvalue weighted by Gasteiger charge is -2.24. The van der Waals surface area contributed by atoms with Crippen LogP contribution in [0.25, 0.3) is 0 Å². The van der Waals surface area contributed by atoms with E-state index in [2.05, 4.69) is 10.6 Å². The number of carboxylic acids is 1. The molecule has 0 aliphatic rings. The molecule has 0 aromatic heterocycles. The number of hydrogen-bond donors (Lipinski definition) is 3. The van der Waals surface area contributed by atoms with Crippen molar-refractivity contribution in [3.8, 4) is 0 Å². The third-order valence-corrected chi connectivity index (χ3v) is 2.79. The molecule has 0 spiro atoms. The number of urea groups is 1. The van der Waals surface area contributed by atoms with Crippen molar-refractivity contribution in [2.75, 3.05) is 19.6 Å². The lowest BCUT2D eigenvalue weighted by molar-refractivity contribution is -0.138. The molecule has 0 radical (unpaired) electrons. The van der Waals surface area contributed by atoms with Crippen molar-refractivity contribution >= 4 is 17.9 Å². The van der Waals surface area contributed by atoms with Crippen molar-refractivity contribution in [3.63, 3.8) is 0 Å². The van der Waals surface area contributed by atoms with Crippen molar-refractivity contribution < 1.29 is 19.5 Å². The molecule has 0 aliphatic carbocycles. The van der Waals surface area contributed by atoms with Gasteiger partial charge in [-0.1, -0.05) is 0 Å². The van der Waals surface area contributed by atoms with Gasteiger partial charge in [-0.05, 0) is 27.7 Å². The molecule has 3 amide bonds. The van der Waals surface area contributed by atoms with Gasteiger partial charge < -0.3 is 20.6 Å². The number of carboxylic acid groups (broad SMARTS) is 1. The highest BCUT2D eigenvalue weighted by Gasteiger charge is 2.23. The summed E-state index contributed by atoms with van der Waals surface area (Å²) in [7, 11) is 0. The SMILES string of the molecule is CCN(CC)C(=O)CCNC(=O)NC(C)(C)CC(=O)O. The third-order valence-electron chi connectivity index (χ3n) is 2.79. The largest absolute Gasteiger partial charge is 0.481 e. The Labute approximate surface area is 119 Å². The number of carbonyl (C=O) groups is 3. The molecule has 0 unspecified atom stereocenters. The Morgan fingerprint density at radius 3 is 2.15 bits per heavy atom. The molecule has 7 nitrogen and oxygen atoms in total. The molecule has 7 heteroatoms. The van der Waals surface area contributed by atoms with Gasteiger partial charge in [0.2, 0.25) is 5.91 Å². The van der Waals surface area contributed by atoms with E-state index in [9.17, 15) is 14.4 Å². The van der Waals surface area contributed by atoms with Crippen LogP contribution in [0.2, 0.25) is 0 Å². The van der Waals surface area contributed by atoms with Crippen molar-refractivity contribution in [2.24, 2.45) is 0 Å². The fraction of sp³-hybridized carbons (Fsp3) is 0.769. The summed E-state index contributed by atoms with van der Waals surface area (Å²) in [5, 5.41) is 13.8. The highest BCUT2D eigenvalue weighted by molar-refractivity contribution is 5.79. The molecule has 0 fully saturated rings. The Balaban J connectivity index is 4.06. The van der Waals surface area contributed by atoms with E-state index >= 15 is 0 Å². The molecule has 0 bridgehead atoms. The number of aliphatic carboxylic acids is 1. The maximum atomic E-state index is 11.7. The molecule has 0 saturated heterocycles. The molecule has 20 heavy (non-hydrogen) atoms. The van der Waals surface area contributed by atoms with Crippen molar-refractivity contribution in [1.82, 2.24) is 15.5 Å². The monoisotopic (exact) mass is 287 g/mol. The van der Waals surface area contributed by atoms with Crippen molar-refractivity contribution in [3.05, 3.63) is 0 Å². The average molecular weight is 287 g/mol. The smallest absolute Gasteiger partial charge is 0.315 e. The van der Waals surface area contributed by atoms with Crippen LogP contribution in [0.4, 0.5) is 4.79 Å². The minimum Gasteiger partial charge on any atom is -0.481 e. The fourth-order valence-corrected chi connectivity index (χ4v) is 1.79. The fourth-order valence-electron chi connectivity index (χ4n) is 1.79. The number of hydrogen-bond acceptors (Lipinski definition) is 3. The van der Waals surface area contributed by atoms with Crippen LogP contribution in [0.3, 0.4) is 0 Å². The normalized spacial score (nSPS) is 10.8. The first-order valence-corrected chi connectivity index (χ1v) is 6.77. The molecular weight excluding hydrogens is 262 g/mol. The second-order valence-electron chi connectivity index (χ2n) is 5.15. The molecule has 0 rings (SSSR count). The molecule has 0 saturated carbocycles. The molecule has 3 N–H and O–H groups in total. The summed E-state index contributed by atoms with van der Waals surface area (Å²) in [6.45, 7) is 8.57. The quantitative estimate of drug-likeness (QED) is 0.615. The summed E-state index contributed by atoms with van der Waals surface area (Å²) in [4.78, 5) is 35.6. The topological polar surface area (TPSA) is 98.7 Å². The van der Waals surface area contributed by atoms with Gasteiger partial charge in [0.15, 0.2) is 0 Å². The lowest BCUT2D eigenvalue weighted by Crippen LogP contribution is -2.50. The second-order valence-corrected chi connectivity index (χ2v) is 5.15. The standard InChI is InChI=1S/C13H25N3O4/c1-5-16(6-2)10(17)7-8-14-12(20)15-13(3,4)9-11(18)19/h5-9H2,1-4H3,(H,18,19)(H2,14,15,20). The van der Waals surface area contributed by atoms with Gasteiger partial charge in [0.25, 0.3) is 0 Å². The Morgan fingerprint density at radius 2 is 1.70 bits per heavy atom. The maximum Gasteiger partial charge on any atom is 0.315 e. The van der Waals surface area contributed by atoms with Crippen molar-refractivity contribution in [1.29, 1.82) is 0 Å². The van der Waals surface area contributed by atoms with Crippen LogP contribution in [0, 0.1) is 0 Å². The van der Waals surface area contributed by atoms with Crippen LogP contribution in [-0.2, 0) is 9.59 Å². The van der Waals surface area contributed by atoms with Crippen LogP contribution in [0.5, 0.6) is 0 Å². The van der Waals surface area contributed by atoms with Crippen LogP contribution in [0.1, 0.15) is 40.5 Å². The zero-order valence-corrected chi connectivity index (χ0v) is 12.7. The summed E-state index contributed by atoms with van der Waals surface area (Å²) < 4.78 is 0. The number of carbonyl (C=O) groups excluding carboxylic acids is 2. The van der Waals surface area contributed by atoms with E-state index in [1.807, 2.05) is 13.8 Å².